The van der Waals surface area contributed by atoms with Crippen LogP contribution < -0.4 is 10.6 Å². The second-order valence-corrected chi connectivity index (χ2v) is 7.53. The van der Waals surface area contributed by atoms with Gasteiger partial charge in [0.2, 0.25) is 0 Å². The molecule has 2 aliphatic rings. The van der Waals surface area contributed by atoms with Gasteiger partial charge in [0, 0.05) is 24.0 Å². The van der Waals surface area contributed by atoms with E-state index in [2.05, 4.69) is 15.7 Å². The SMILES string of the molecule is Cc1cc(C)n([C@H](C)CNC(=O)Nc2ccc3c(c2)C(=O)N(C2CC2)C3=O)n1. The Hall–Kier alpha value is -3.16. The van der Waals surface area contributed by atoms with Gasteiger partial charge in [0.1, 0.15) is 0 Å². The van der Waals surface area contributed by atoms with Gasteiger partial charge < -0.3 is 10.6 Å². The molecular formula is C20H23N5O3. The van der Waals surface area contributed by atoms with Gasteiger partial charge in [-0.3, -0.25) is 19.2 Å². The van der Waals surface area contributed by atoms with Gasteiger partial charge in [0.15, 0.2) is 0 Å². The van der Waals surface area contributed by atoms with Crippen molar-refractivity contribution in [1.82, 2.24) is 20.0 Å². The first-order valence-corrected chi connectivity index (χ1v) is 9.44. The Labute approximate surface area is 162 Å². The van der Waals surface area contributed by atoms with E-state index in [0.717, 1.165) is 24.2 Å². The first-order valence-electron chi connectivity index (χ1n) is 9.44. The van der Waals surface area contributed by atoms with Crippen LogP contribution in [0.25, 0.3) is 0 Å². The van der Waals surface area contributed by atoms with Crippen molar-refractivity contribution in [1.29, 1.82) is 0 Å². The number of urea groups is 1. The lowest BCUT2D eigenvalue weighted by molar-refractivity contribution is 0.0642. The van der Waals surface area contributed by atoms with Gasteiger partial charge in [0.25, 0.3) is 11.8 Å². The number of fused-ring (bicyclic) bond motifs is 1. The molecule has 8 nitrogen and oxygen atoms in total. The largest absolute Gasteiger partial charge is 0.336 e. The third-order valence-corrected chi connectivity index (χ3v) is 5.11. The van der Waals surface area contributed by atoms with Crippen molar-refractivity contribution in [2.75, 3.05) is 11.9 Å². The highest BCUT2D eigenvalue weighted by Gasteiger charge is 2.44. The van der Waals surface area contributed by atoms with Crippen LogP contribution >= 0.6 is 0 Å². The van der Waals surface area contributed by atoms with Gasteiger partial charge in [-0.2, -0.15) is 5.10 Å². The normalized spacial score (nSPS) is 16.9. The van der Waals surface area contributed by atoms with Crippen LogP contribution in [0.15, 0.2) is 24.3 Å². The van der Waals surface area contributed by atoms with E-state index in [9.17, 15) is 14.4 Å². The van der Waals surface area contributed by atoms with Gasteiger partial charge >= 0.3 is 6.03 Å². The van der Waals surface area contributed by atoms with E-state index in [1.54, 1.807) is 18.2 Å². The van der Waals surface area contributed by atoms with Crippen molar-refractivity contribution in [3.8, 4) is 0 Å². The van der Waals surface area contributed by atoms with E-state index in [-0.39, 0.29) is 29.9 Å². The molecule has 1 aromatic carbocycles. The number of benzene rings is 1. The number of amides is 4. The van der Waals surface area contributed by atoms with E-state index in [0.29, 0.717) is 23.4 Å². The molecule has 2 N–H and O–H groups in total. The van der Waals surface area contributed by atoms with Crippen molar-refractivity contribution in [2.24, 2.45) is 0 Å². The molecule has 1 aliphatic heterocycles. The van der Waals surface area contributed by atoms with Crippen LogP contribution in [0.4, 0.5) is 10.5 Å². The van der Waals surface area contributed by atoms with Crippen LogP contribution in [0.3, 0.4) is 0 Å². The van der Waals surface area contributed by atoms with E-state index >= 15 is 0 Å². The van der Waals surface area contributed by atoms with Crippen molar-refractivity contribution < 1.29 is 14.4 Å². The molecule has 8 heteroatoms. The second-order valence-electron chi connectivity index (χ2n) is 7.53. The minimum Gasteiger partial charge on any atom is -0.336 e. The quantitative estimate of drug-likeness (QED) is 0.778. The number of carbonyl (C=O) groups excluding carboxylic acids is 3. The topological polar surface area (TPSA) is 96.3 Å². The summed E-state index contributed by atoms with van der Waals surface area (Å²) in [6.07, 6.45) is 1.73. The number of hydrogen-bond acceptors (Lipinski definition) is 4. The fourth-order valence-corrected chi connectivity index (χ4v) is 3.60. The number of imide groups is 1. The lowest BCUT2D eigenvalue weighted by Gasteiger charge is -2.15. The van der Waals surface area contributed by atoms with Gasteiger partial charge in [-0.15, -0.1) is 0 Å². The number of rotatable bonds is 5. The molecule has 0 bridgehead atoms. The van der Waals surface area contributed by atoms with E-state index in [1.807, 2.05) is 31.5 Å². The Morgan fingerprint density at radius 2 is 1.89 bits per heavy atom. The molecule has 1 aliphatic carbocycles. The molecule has 1 aromatic heterocycles. The lowest BCUT2D eigenvalue weighted by atomic mass is 10.1. The van der Waals surface area contributed by atoms with Crippen LogP contribution in [0.1, 0.15) is 57.9 Å². The predicted molar refractivity (Wildman–Crippen MR) is 103 cm³/mol. The van der Waals surface area contributed by atoms with Gasteiger partial charge in [-0.25, -0.2) is 4.79 Å². The molecule has 1 atom stereocenters. The Balaban J connectivity index is 1.39. The summed E-state index contributed by atoms with van der Waals surface area (Å²) in [5.74, 6) is -0.512. The molecule has 0 saturated heterocycles. The summed E-state index contributed by atoms with van der Waals surface area (Å²) >= 11 is 0. The fourth-order valence-electron chi connectivity index (χ4n) is 3.60. The number of anilines is 1. The number of hydrogen-bond donors (Lipinski definition) is 2. The Morgan fingerprint density at radius 3 is 2.54 bits per heavy atom. The molecule has 2 aromatic rings. The zero-order chi connectivity index (χ0) is 20.0. The molecule has 2 heterocycles. The van der Waals surface area contributed by atoms with E-state index in [1.165, 1.54) is 4.90 Å². The Kier molecular flexibility index (Phi) is 4.41. The number of carbonyl (C=O) groups is 3. The predicted octanol–water partition coefficient (Wildman–Crippen LogP) is 2.64. The molecule has 0 radical (unpaired) electrons. The average Bonchev–Trinajstić information content (AvgIpc) is 3.38. The third kappa shape index (κ3) is 3.26. The van der Waals surface area contributed by atoms with Crippen LogP contribution in [0, 0.1) is 13.8 Å². The zero-order valence-corrected chi connectivity index (χ0v) is 16.2. The number of nitrogens with one attached hydrogen (secondary N) is 2. The number of aryl methyl sites for hydroxylation is 2. The van der Waals surface area contributed by atoms with Crippen molar-refractivity contribution >= 4 is 23.5 Å². The first kappa shape index (κ1) is 18.2. The van der Waals surface area contributed by atoms with Crippen molar-refractivity contribution in [3.63, 3.8) is 0 Å². The minimum atomic E-state index is -0.371. The maximum Gasteiger partial charge on any atom is 0.319 e. The molecule has 4 rings (SSSR count). The molecule has 28 heavy (non-hydrogen) atoms. The summed E-state index contributed by atoms with van der Waals surface area (Å²) in [7, 11) is 0. The van der Waals surface area contributed by atoms with Gasteiger partial charge in [0.05, 0.1) is 22.9 Å². The Morgan fingerprint density at radius 1 is 1.18 bits per heavy atom. The Bertz CT molecular complexity index is 976. The van der Waals surface area contributed by atoms with Crippen molar-refractivity contribution in [3.05, 3.63) is 46.8 Å². The second kappa shape index (κ2) is 6.78. The maximum absolute atomic E-state index is 12.5. The molecule has 146 valence electrons. The van der Waals surface area contributed by atoms with Gasteiger partial charge in [-0.05, 0) is 57.9 Å². The lowest BCUT2D eigenvalue weighted by Crippen LogP contribution is -2.33. The minimum absolute atomic E-state index is 0.00534. The molecule has 4 amide bonds. The molecular weight excluding hydrogens is 358 g/mol. The monoisotopic (exact) mass is 381 g/mol. The number of nitrogens with zero attached hydrogens (tertiary/aromatic N) is 3. The standard InChI is InChI=1S/C20H23N5O3/c1-11-8-12(2)25(23-11)13(3)10-21-20(28)22-14-4-7-16-17(9-14)19(27)24(18(16)26)15-5-6-15/h4,7-9,13,15H,5-6,10H2,1-3H3,(H2,21,22,28)/t13-/m1/s1. The van der Waals surface area contributed by atoms with E-state index < -0.39 is 0 Å². The smallest absolute Gasteiger partial charge is 0.319 e. The average molecular weight is 381 g/mol. The van der Waals surface area contributed by atoms with Crippen LogP contribution in [-0.2, 0) is 0 Å². The van der Waals surface area contributed by atoms with E-state index in [4.69, 9.17) is 0 Å². The van der Waals surface area contributed by atoms with Crippen LogP contribution in [0.5, 0.6) is 0 Å². The third-order valence-electron chi connectivity index (χ3n) is 5.11. The highest BCUT2D eigenvalue weighted by molar-refractivity contribution is 6.22. The van der Waals surface area contributed by atoms with Crippen molar-refractivity contribution in [2.45, 2.75) is 45.7 Å². The zero-order valence-electron chi connectivity index (χ0n) is 16.2. The summed E-state index contributed by atoms with van der Waals surface area (Å²) in [6, 6.07) is 6.47. The highest BCUT2D eigenvalue weighted by Crippen LogP contribution is 2.35. The van der Waals surface area contributed by atoms with Gasteiger partial charge in [-0.1, -0.05) is 0 Å². The highest BCUT2D eigenvalue weighted by atomic mass is 16.2. The maximum atomic E-state index is 12.5. The first-order chi connectivity index (χ1) is 13.3. The summed E-state index contributed by atoms with van der Waals surface area (Å²) in [4.78, 5) is 38.5. The fraction of sp³-hybridized carbons (Fsp3) is 0.400. The van der Waals surface area contributed by atoms with Crippen LogP contribution in [0.2, 0.25) is 0 Å². The molecule has 0 spiro atoms. The summed E-state index contributed by atoms with van der Waals surface area (Å²) in [5, 5.41) is 9.97. The number of aromatic nitrogens is 2. The molecule has 1 saturated carbocycles. The van der Waals surface area contributed by atoms with Crippen LogP contribution in [-0.4, -0.2) is 45.1 Å². The summed E-state index contributed by atoms with van der Waals surface area (Å²) < 4.78 is 1.88. The summed E-state index contributed by atoms with van der Waals surface area (Å²) in [5.41, 5.74) is 3.21. The molecule has 0 unspecified atom stereocenters. The summed E-state index contributed by atoms with van der Waals surface area (Å²) in [6.45, 7) is 6.29. The molecule has 1 fully saturated rings.